The second kappa shape index (κ2) is 8.90. The van der Waals surface area contributed by atoms with E-state index in [0.717, 1.165) is 18.0 Å². The summed E-state index contributed by atoms with van der Waals surface area (Å²) in [7, 11) is 0. The van der Waals surface area contributed by atoms with E-state index in [-0.39, 0.29) is 6.04 Å². The number of alkyl halides is 3. The first-order valence-electron chi connectivity index (χ1n) is 11.0. The Labute approximate surface area is 170 Å². The summed E-state index contributed by atoms with van der Waals surface area (Å²) in [6.07, 6.45) is 10.1. The molecule has 2 saturated carbocycles. The number of halogens is 3. The lowest BCUT2D eigenvalue weighted by molar-refractivity contribution is -0.137. The molecule has 158 valence electrons. The van der Waals surface area contributed by atoms with Crippen LogP contribution in [0.3, 0.4) is 0 Å². The summed E-state index contributed by atoms with van der Waals surface area (Å²) in [5.74, 6) is 1.50. The Kier molecular flexibility index (Phi) is 6.28. The lowest BCUT2D eigenvalue weighted by Crippen LogP contribution is -2.39. The molecule has 0 amide bonds. The van der Waals surface area contributed by atoms with Gasteiger partial charge in [-0.15, -0.1) is 0 Å². The van der Waals surface area contributed by atoms with Gasteiger partial charge in [0.2, 0.25) is 0 Å². The zero-order valence-electron chi connectivity index (χ0n) is 16.8. The van der Waals surface area contributed by atoms with E-state index in [2.05, 4.69) is 10.3 Å². The van der Waals surface area contributed by atoms with Crippen LogP contribution in [-0.2, 0) is 6.18 Å². The number of nitrogens with one attached hydrogen (secondary N) is 2. The van der Waals surface area contributed by atoms with Crippen molar-refractivity contribution in [3.8, 4) is 11.3 Å². The number of hydrogen-bond acceptors (Lipinski definition) is 2. The van der Waals surface area contributed by atoms with Gasteiger partial charge in [0.25, 0.3) is 0 Å². The molecule has 2 N–H and O–H groups in total. The Morgan fingerprint density at radius 3 is 2.14 bits per heavy atom. The standard InChI is InChI=1S/C23H30F3N3/c24-23(25,26)18-13-11-16(12-14-18)20-15-27-22(29-20)21(17-7-3-1-4-8-17)28-19-9-5-2-6-10-19/h11-15,17,19,21,28H,1-10H2,(H,27,29). The van der Waals surface area contributed by atoms with Gasteiger partial charge in [-0.2, -0.15) is 13.2 Å². The molecule has 0 spiro atoms. The van der Waals surface area contributed by atoms with Gasteiger partial charge in [-0.3, -0.25) is 0 Å². The minimum atomic E-state index is -4.31. The summed E-state index contributed by atoms with van der Waals surface area (Å²) in [4.78, 5) is 8.15. The highest BCUT2D eigenvalue weighted by Gasteiger charge is 2.31. The maximum absolute atomic E-state index is 12.8. The molecular weight excluding hydrogens is 375 g/mol. The molecule has 0 saturated heterocycles. The SMILES string of the molecule is FC(F)(F)c1ccc(-c2c[nH]c(C(NC3CCCCC3)C3CCCCC3)n2)cc1. The summed E-state index contributed by atoms with van der Waals surface area (Å²) < 4.78 is 38.5. The van der Waals surface area contributed by atoms with E-state index < -0.39 is 11.7 Å². The molecule has 0 bridgehead atoms. The third-order valence-corrected chi connectivity index (χ3v) is 6.54. The summed E-state index contributed by atoms with van der Waals surface area (Å²) in [6, 6.07) is 6.00. The molecule has 1 unspecified atom stereocenters. The van der Waals surface area contributed by atoms with Gasteiger partial charge < -0.3 is 10.3 Å². The molecule has 6 heteroatoms. The third kappa shape index (κ3) is 5.03. The van der Waals surface area contributed by atoms with E-state index in [1.165, 1.54) is 76.3 Å². The predicted molar refractivity (Wildman–Crippen MR) is 108 cm³/mol. The number of aromatic nitrogens is 2. The first-order valence-corrected chi connectivity index (χ1v) is 11.0. The number of benzene rings is 1. The molecule has 1 heterocycles. The molecular formula is C23H30F3N3. The van der Waals surface area contributed by atoms with Crippen LogP contribution in [0.1, 0.15) is 81.6 Å². The van der Waals surface area contributed by atoms with Crippen molar-refractivity contribution < 1.29 is 13.2 Å². The molecule has 2 aliphatic rings. The molecule has 3 nitrogen and oxygen atoms in total. The van der Waals surface area contributed by atoms with Crippen LogP contribution in [-0.4, -0.2) is 16.0 Å². The average Bonchev–Trinajstić information content (AvgIpc) is 3.23. The van der Waals surface area contributed by atoms with Crippen molar-refractivity contribution in [3.05, 3.63) is 41.9 Å². The topological polar surface area (TPSA) is 40.7 Å². The van der Waals surface area contributed by atoms with Crippen molar-refractivity contribution >= 4 is 0 Å². The van der Waals surface area contributed by atoms with Crippen LogP contribution < -0.4 is 5.32 Å². The van der Waals surface area contributed by atoms with Crippen molar-refractivity contribution in [1.82, 2.24) is 15.3 Å². The molecule has 0 aliphatic heterocycles. The largest absolute Gasteiger partial charge is 0.416 e. The fourth-order valence-electron chi connectivity index (χ4n) is 4.90. The van der Waals surface area contributed by atoms with Crippen LogP contribution in [0.15, 0.2) is 30.5 Å². The molecule has 2 fully saturated rings. The predicted octanol–water partition coefficient (Wildman–Crippen LogP) is 6.64. The van der Waals surface area contributed by atoms with Crippen LogP contribution in [0.25, 0.3) is 11.3 Å². The van der Waals surface area contributed by atoms with E-state index >= 15 is 0 Å². The number of hydrogen-bond donors (Lipinski definition) is 2. The van der Waals surface area contributed by atoms with Gasteiger partial charge in [-0.1, -0.05) is 50.7 Å². The number of aromatic amines is 1. The van der Waals surface area contributed by atoms with Gasteiger partial charge in [0.05, 0.1) is 17.3 Å². The fourth-order valence-corrected chi connectivity index (χ4v) is 4.90. The maximum Gasteiger partial charge on any atom is 0.416 e. The monoisotopic (exact) mass is 405 g/mol. The molecule has 2 aromatic rings. The first-order chi connectivity index (χ1) is 14.0. The summed E-state index contributed by atoms with van der Waals surface area (Å²) in [5.41, 5.74) is 0.789. The van der Waals surface area contributed by atoms with E-state index in [1.807, 2.05) is 6.20 Å². The van der Waals surface area contributed by atoms with E-state index in [0.29, 0.717) is 23.2 Å². The van der Waals surface area contributed by atoms with E-state index in [4.69, 9.17) is 4.98 Å². The van der Waals surface area contributed by atoms with Crippen LogP contribution in [0, 0.1) is 5.92 Å². The van der Waals surface area contributed by atoms with Gasteiger partial charge in [0.1, 0.15) is 5.82 Å². The first kappa shape index (κ1) is 20.5. The van der Waals surface area contributed by atoms with Crippen LogP contribution in [0.4, 0.5) is 13.2 Å². The molecule has 2 aliphatic carbocycles. The van der Waals surface area contributed by atoms with Crippen molar-refractivity contribution in [1.29, 1.82) is 0 Å². The van der Waals surface area contributed by atoms with Gasteiger partial charge in [-0.05, 0) is 43.7 Å². The molecule has 29 heavy (non-hydrogen) atoms. The summed E-state index contributed by atoms with van der Waals surface area (Å²) in [6.45, 7) is 0. The van der Waals surface area contributed by atoms with Gasteiger partial charge >= 0.3 is 6.18 Å². The second-order valence-corrected chi connectivity index (χ2v) is 8.62. The minimum Gasteiger partial charge on any atom is -0.347 e. The minimum absolute atomic E-state index is 0.196. The van der Waals surface area contributed by atoms with Gasteiger partial charge in [0.15, 0.2) is 0 Å². The molecule has 4 rings (SSSR count). The Balaban J connectivity index is 1.54. The smallest absolute Gasteiger partial charge is 0.347 e. The molecule has 0 radical (unpaired) electrons. The molecule has 1 aromatic carbocycles. The van der Waals surface area contributed by atoms with Crippen LogP contribution >= 0.6 is 0 Å². The third-order valence-electron chi connectivity index (χ3n) is 6.54. The highest BCUT2D eigenvalue weighted by atomic mass is 19.4. The van der Waals surface area contributed by atoms with Gasteiger partial charge in [0, 0.05) is 17.8 Å². The summed E-state index contributed by atoms with van der Waals surface area (Å²) in [5, 5.41) is 3.89. The Morgan fingerprint density at radius 2 is 1.52 bits per heavy atom. The normalized spacial score (nSPS) is 20.7. The van der Waals surface area contributed by atoms with E-state index in [9.17, 15) is 13.2 Å². The quantitative estimate of drug-likeness (QED) is 0.585. The van der Waals surface area contributed by atoms with Crippen LogP contribution in [0.5, 0.6) is 0 Å². The highest BCUT2D eigenvalue weighted by molar-refractivity contribution is 5.59. The lowest BCUT2D eigenvalue weighted by Gasteiger charge is -2.34. The molecule has 1 aromatic heterocycles. The number of rotatable bonds is 5. The fraction of sp³-hybridized carbons (Fsp3) is 0.609. The van der Waals surface area contributed by atoms with Crippen molar-refractivity contribution in [3.63, 3.8) is 0 Å². The summed E-state index contributed by atoms with van der Waals surface area (Å²) >= 11 is 0. The lowest BCUT2D eigenvalue weighted by atomic mass is 9.82. The zero-order chi connectivity index (χ0) is 20.3. The van der Waals surface area contributed by atoms with Crippen molar-refractivity contribution in [2.75, 3.05) is 0 Å². The highest BCUT2D eigenvalue weighted by Crippen LogP contribution is 2.36. The van der Waals surface area contributed by atoms with Crippen molar-refractivity contribution in [2.24, 2.45) is 5.92 Å². The van der Waals surface area contributed by atoms with Crippen molar-refractivity contribution in [2.45, 2.75) is 82.5 Å². The van der Waals surface area contributed by atoms with Crippen LogP contribution in [0.2, 0.25) is 0 Å². The Bertz CT molecular complexity index is 769. The average molecular weight is 406 g/mol. The number of nitrogens with zero attached hydrogens (tertiary/aromatic N) is 1. The molecule has 1 atom stereocenters. The van der Waals surface area contributed by atoms with E-state index in [1.54, 1.807) is 0 Å². The second-order valence-electron chi connectivity index (χ2n) is 8.62. The Morgan fingerprint density at radius 1 is 0.897 bits per heavy atom. The maximum atomic E-state index is 12.8. The zero-order valence-corrected chi connectivity index (χ0v) is 16.8. The van der Waals surface area contributed by atoms with Gasteiger partial charge in [-0.25, -0.2) is 4.98 Å². The number of imidazole rings is 1. The Hall–Kier alpha value is -1.82. The number of H-pyrrole nitrogens is 1.